The van der Waals surface area contributed by atoms with E-state index >= 15 is 0 Å². The Kier molecular flexibility index (Phi) is 3.56. The lowest BCUT2D eigenvalue weighted by Crippen LogP contribution is -1.97. The molecule has 2 rings (SSSR count). The number of halogens is 2. The molecule has 2 aromatic heterocycles. The molecule has 0 N–H and O–H groups in total. The molecule has 0 aliphatic carbocycles. The molecule has 0 fully saturated rings. The summed E-state index contributed by atoms with van der Waals surface area (Å²) in [5.74, 6) is 0. The van der Waals surface area contributed by atoms with Crippen molar-refractivity contribution < 1.29 is 0 Å². The van der Waals surface area contributed by atoms with Gasteiger partial charge in [0.05, 0.1) is 20.9 Å². The van der Waals surface area contributed by atoms with Crippen molar-refractivity contribution in [2.24, 2.45) is 0 Å². The number of hydrogen-bond acceptors (Lipinski definition) is 6. The van der Waals surface area contributed by atoms with Crippen molar-refractivity contribution in [1.82, 2.24) is 9.97 Å². The number of thiol groups is 2. The zero-order chi connectivity index (χ0) is 13.4. The minimum Gasteiger partial charge on any atom is -0.232 e. The minimum absolute atomic E-state index is 0.0238. The molecule has 2 aromatic rings. The van der Waals surface area contributed by atoms with Gasteiger partial charge in [0, 0.05) is 0 Å². The highest BCUT2D eigenvalue weighted by atomic mass is 35.5. The molecule has 4 nitrogen and oxygen atoms in total. The number of hydrogen-bond donors (Lipinski definition) is 2. The molecule has 0 aliphatic rings. The number of nitriles is 2. The minimum atomic E-state index is 0.0238. The summed E-state index contributed by atoms with van der Waals surface area (Å²) in [7, 11) is 0. The monoisotopic (exact) mass is 312 g/mol. The second-order valence-corrected chi connectivity index (χ2v) is 4.78. The SMILES string of the molecule is N#Cc1c(S)c(Cl)nc2c(C#N)c(S)c(Cl)nc12. The van der Waals surface area contributed by atoms with E-state index in [1.807, 2.05) is 12.1 Å². The summed E-state index contributed by atoms with van der Waals surface area (Å²) in [5, 5.41) is 18.2. The van der Waals surface area contributed by atoms with E-state index in [1.165, 1.54) is 0 Å². The Labute approximate surface area is 123 Å². The van der Waals surface area contributed by atoms with Crippen molar-refractivity contribution in [3.8, 4) is 12.1 Å². The van der Waals surface area contributed by atoms with Gasteiger partial charge in [-0.2, -0.15) is 10.5 Å². The summed E-state index contributed by atoms with van der Waals surface area (Å²) >= 11 is 19.9. The molecular formula is C10H2Cl2N4S2. The Morgan fingerprint density at radius 1 is 0.833 bits per heavy atom. The Morgan fingerprint density at radius 3 is 1.44 bits per heavy atom. The highest BCUT2D eigenvalue weighted by molar-refractivity contribution is 7.80. The first-order chi connectivity index (χ1) is 8.51. The third kappa shape index (κ3) is 1.88. The molecule has 0 bridgehead atoms. The average molecular weight is 313 g/mol. The molecular weight excluding hydrogens is 311 g/mol. The summed E-state index contributed by atoms with van der Waals surface area (Å²) < 4.78 is 0. The number of aromatic nitrogens is 2. The van der Waals surface area contributed by atoms with Crippen molar-refractivity contribution in [2.45, 2.75) is 9.79 Å². The fraction of sp³-hybridized carbons (Fsp3) is 0. The third-order valence-electron chi connectivity index (χ3n) is 2.21. The van der Waals surface area contributed by atoms with Gasteiger partial charge in [-0.1, -0.05) is 23.2 Å². The van der Waals surface area contributed by atoms with Crippen LogP contribution in [0.1, 0.15) is 11.1 Å². The number of rotatable bonds is 0. The van der Waals surface area contributed by atoms with E-state index in [-0.39, 0.29) is 42.3 Å². The van der Waals surface area contributed by atoms with Gasteiger partial charge in [-0.3, -0.25) is 0 Å². The molecule has 0 aromatic carbocycles. The van der Waals surface area contributed by atoms with Crippen molar-refractivity contribution in [2.75, 3.05) is 0 Å². The first kappa shape index (κ1) is 13.3. The molecule has 18 heavy (non-hydrogen) atoms. The summed E-state index contributed by atoms with van der Waals surface area (Å²) in [5.41, 5.74) is 0.623. The van der Waals surface area contributed by atoms with Crippen molar-refractivity contribution >= 4 is 59.5 Å². The maximum atomic E-state index is 9.09. The van der Waals surface area contributed by atoms with Crippen LogP contribution in [0, 0.1) is 22.7 Å². The van der Waals surface area contributed by atoms with E-state index in [9.17, 15) is 0 Å². The van der Waals surface area contributed by atoms with Crippen molar-refractivity contribution in [1.29, 1.82) is 10.5 Å². The van der Waals surface area contributed by atoms with Crippen LogP contribution in [0.5, 0.6) is 0 Å². The number of nitrogens with zero attached hydrogens (tertiary/aromatic N) is 4. The molecule has 2 heterocycles. The Bertz CT molecular complexity index is 696. The van der Waals surface area contributed by atoms with Crippen LogP contribution in [0.2, 0.25) is 10.3 Å². The van der Waals surface area contributed by atoms with Gasteiger partial charge in [-0.15, -0.1) is 25.3 Å². The van der Waals surface area contributed by atoms with Gasteiger partial charge in [-0.25, -0.2) is 9.97 Å². The molecule has 0 atom stereocenters. The standard InChI is InChI=1S/C10H2Cl2N4S2/c11-9-7(17)3(1-13)5-6(16-9)4(2-14)8(18)10(12)15-5/h17-18H. The van der Waals surface area contributed by atoms with Gasteiger partial charge >= 0.3 is 0 Å². The Balaban J connectivity index is 3.13. The van der Waals surface area contributed by atoms with Gasteiger partial charge in [0.2, 0.25) is 0 Å². The normalized spacial score (nSPS) is 10.1. The van der Waals surface area contributed by atoms with Crippen LogP contribution in [-0.4, -0.2) is 9.97 Å². The zero-order valence-electron chi connectivity index (χ0n) is 8.44. The lowest BCUT2D eigenvalue weighted by atomic mass is 10.1. The van der Waals surface area contributed by atoms with Crippen molar-refractivity contribution in [3.63, 3.8) is 0 Å². The Morgan fingerprint density at radius 2 is 1.17 bits per heavy atom. The maximum absolute atomic E-state index is 9.09. The molecule has 0 saturated carbocycles. The molecule has 88 valence electrons. The van der Waals surface area contributed by atoms with Crippen LogP contribution in [-0.2, 0) is 0 Å². The van der Waals surface area contributed by atoms with E-state index in [1.54, 1.807) is 0 Å². The van der Waals surface area contributed by atoms with Crippen LogP contribution < -0.4 is 0 Å². The molecule has 0 amide bonds. The predicted octanol–water partition coefficient (Wildman–Crippen LogP) is 3.26. The smallest absolute Gasteiger partial charge is 0.144 e. The fourth-order valence-electron chi connectivity index (χ4n) is 1.40. The first-order valence-electron chi connectivity index (χ1n) is 4.42. The maximum Gasteiger partial charge on any atom is 0.144 e. The quantitative estimate of drug-likeness (QED) is 0.578. The van der Waals surface area contributed by atoms with Crippen molar-refractivity contribution in [3.05, 3.63) is 21.4 Å². The van der Waals surface area contributed by atoms with E-state index in [0.29, 0.717) is 0 Å². The summed E-state index contributed by atoms with van der Waals surface area (Å²) in [4.78, 5) is 8.40. The third-order valence-corrected chi connectivity index (χ3v) is 3.89. The van der Waals surface area contributed by atoms with Crippen LogP contribution in [0.15, 0.2) is 9.79 Å². The topological polar surface area (TPSA) is 73.4 Å². The second-order valence-electron chi connectivity index (χ2n) is 3.17. The number of pyridine rings is 2. The highest BCUT2D eigenvalue weighted by Gasteiger charge is 2.19. The highest BCUT2D eigenvalue weighted by Crippen LogP contribution is 2.33. The van der Waals surface area contributed by atoms with Crippen LogP contribution >= 0.6 is 48.5 Å². The summed E-state index contributed by atoms with van der Waals surface area (Å²) in [6.07, 6.45) is 0. The van der Waals surface area contributed by atoms with Crippen LogP contribution in [0.3, 0.4) is 0 Å². The van der Waals surface area contributed by atoms with E-state index < -0.39 is 0 Å². The molecule has 0 aliphatic heterocycles. The average Bonchev–Trinajstić information content (AvgIpc) is 2.34. The zero-order valence-corrected chi connectivity index (χ0v) is 11.7. The van der Waals surface area contributed by atoms with Gasteiger partial charge in [-0.05, 0) is 0 Å². The molecule has 0 radical (unpaired) electrons. The van der Waals surface area contributed by atoms with Crippen LogP contribution in [0.25, 0.3) is 11.0 Å². The fourth-order valence-corrected chi connectivity index (χ4v) is 2.17. The lowest BCUT2D eigenvalue weighted by Gasteiger charge is -2.07. The van der Waals surface area contributed by atoms with E-state index in [4.69, 9.17) is 33.7 Å². The van der Waals surface area contributed by atoms with Gasteiger partial charge in [0.25, 0.3) is 0 Å². The number of fused-ring (bicyclic) bond motifs is 1. The second kappa shape index (κ2) is 4.83. The van der Waals surface area contributed by atoms with Gasteiger partial charge < -0.3 is 0 Å². The first-order valence-corrected chi connectivity index (χ1v) is 6.07. The molecule has 0 spiro atoms. The van der Waals surface area contributed by atoms with E-state index in [2.05, 4.69) is 35.2 Å². The summed E-state index contributed by atoms with van der Waals surface area (Å²) in [6, 6.07) is 3.84. The predicted molar refractivity (Wildman–Crippen MR) is 73.5 cm³/mol. The van der Waals surface area contributed by atoms with Crippen LogP contribution in [0.4, 0.5) is 0 Å². The lowest BCUT2D eigenvalue weighted by molar-refractivity contribution is 1.19. The van der Waals surface area contributed by atoms with Gasteiger partial charge in [0.15, 0.2) is 0 Å². The van der Waals surface area contributed by atoms with E-state index in [0.717, 1.165) is 0 Å². The largest absolute Gasteiger partial charge is 0.232 e. The van der Waals surface area contributed by atoms with Gasteiger partial charge in [0.1, 0.15) is 33.5 Å². The molecule has 8 heteroatoms. The molecule has 0 unspecified atom stereocenters. The summed E-state index contributed by atoms with van der Waals surface area (Å²) in [6.45, 7) is 0. The Hall–Kier alpha value is -1.18. The molecule has 0 saturated heterocycles.